The Hall–Kier alpha value is -1.52. The van der Waals surface area contributed by atoms with Gasteiger partial charge in [0.1, 0.15) is 0 Å². The molecular weight excluding hydrogens is 460 g/mol. The molecule has 0 aliphatic rings. The molecule has 0 fully saturated rings. The Morgan fingerprint density at radius 2 is 1.96 bits per heavy atom. The summed E-state index contributed by atoms with van der Waals surface area (Å²) in [5.74, 6) is 0.175. The summed E-state index contributed by atoms with van der Waals surface area (Å²) in [7, 11) is 1.49. The molecule has 3 N–H and O–H groups in total. The van der Waals surface area contributed by atoms with Gasteiger partial charge in [0.05, 0.1) is 6.42 Å². The van der Waals surface area contributed by atoms with Crippen LogP contribution < -0.4 is 16.0 Å². The summed E-state index contributed by atoms with van der Waals surface area (Å²) < 4.78 is 36.5. The van der Waals surface area contributed by atoms with E-state index in [-0.39, 0.29) is 42.3 Å². The van der Waals surface area contributed by atoms with Crippen LogP contribution in [-0.4, -0.2) is 31.6 Å². The summed E-state index contributed by atoms with van der Waals surface area (Å²) >= 11 is 0. The molecule has 0 aliphatic carbocycles. The van der Waals surface area contributed by atoms with Crippen molar-refractivity contribution >= 4 is 41.5 Å². The third-order valence-electron chi connectivity index (χ3n) is 3.64. The van der Waals surface area contributed by atoms with E-state index in [4.69, 9.17) is 0 Å². The predicted molar refractivity (Wildman–Crippen MR) is 109 cm³/mol. The molecule has 1 unspecified atom stereocenters. The minimum atomic E-state index is -4.20. The third kappa shape index (κ3) is 9.83. The Morgan fingerprint density at radius 3 is 2.54 bits per heavy atom. The smallest absolute Gasteiger partial charge is 0.356 e. The topological polar surface area (TPSA) is 65.5 Å². The summed E-state index contributed by atoms with van der Waals surface area (Å²) in [5.41, 5.74) is 1.56. The number of hydrogen-bond donors (Lipinski definition) is 3. The first-order valence-corrected chi connectivity index (χ1v) is 8.16. The van der Waals surface area contributed by atoms with Crippen molar-refractivity contribution in [2.24, 2.45) is 10.9 Å². The van der Waals surface area contributed by atoms with Gasteiger partial charge in [0.2, 0.25) is 5.91 Å². The second-order valence-corrected chi connectivity index (χ2v) is 5.72. The van der Waals surface area contributed by atoms with Gasteiger partial charge in [-0.1, -0.05) is 26.0 Å². The molecule has 26 heavy (non-hydrogen) atoms. The molecule has 1 aromatic rings. The molecule has 0 aliphatic heterocycles. The Labute approximate surface area is 169 Å². The van der Waals surface area contributed by atoms with Crippen LogP contribution >= 0.6 is 24.0 Å². The lowest BCUT2D eigenvalue weighted by atomic mass is 10.1. The van der Waals surface area contributed by atoms with Crippen molar-refractivity contribution < 1.29 is 18.0 Å². The number of rotatable bonds is 7. The van der Waals surface area contributed by atoms with Gasteiger partial charge < -0.3 is 16.0 Å². The number of nitrogens with one attached hydrogen (secondary N) is 3. The highest BCUT2D eigenvalue weighted by Gasteiger charge is 2.26. The van der Waals surface area contributed by atoms with Crippen LogP contribution in [0, 0.1) is 5.92 Å². The van der Waals surface area contributed by atoms with E-state index < -0.39 is 12.6 Å². The maximum atomic E-state index is 12.2. The van der Waals surface area contributed by atoms with Crippen molar-refractivity contribution in [2.75, 3.05) is 18.9 Å². The van der Waals surface area contributed by atoms with Gasteiger partial charge in [-0.05, 0) is 24.1 Å². The van der Waals surface area contributed by atoms with E-state index in [1.54, 1.807) is 6.07 Å². The van der Waals surface area contributed by atoms with Gasteiger partial charge >= 0.3 is 6.18 Å². The van der Waals surface area contributed by atoms with Crippen LogP contribution in [0.2, 0.25) is 0 Å². The zero-order chi connectivity index (χ0) is 18.9. The van der Waals surface area contributed by atoms with Crippen molar-refractivity contribution in [3.05, 3.63) is 29.8 Å². The monoisotopic (exact) mass is 486 g/mol. The Morgan fingerprint density at radius 1 is 1.27 bits per heavy atom. The van der Waals surface area contributed by atoms with Gasteiger partial charge in [0.15, 0.2) is 5.96 Å². The Bertz CT molecular complexity index is 594. The lowest BCUT2D eigenvalue weighted by molar-refractivity contribution is -0.132. The molecule has 0 saturated heterocycles. The van der Waals surface area contributed by atoms with Crippen LogP contribution in [0.3, 0.4) is 0 Å². The zero-order valence-electron chi connectivity index (χ0n) is 15.1. The molecule has 0 saturated carbocycles. The molecule has 0 bridgehead atoms. The first-order chi connectivity index (χ1) is 11.7. The molecule has 1 rings (SSSR count). The Balaban J connectivity index is 0.00000625. The Kier molecular flexibility index (Phi) is 11.3. The molecule has 1 amide bonds. The van der Waals surface area contributed by atoms with Crippen LogP contribution in [0.1, 0.15) is 32.3 Å². The SMILES string of the molecule is CCC(C)C(=O)Nc1cccc(CNC(=NC)NCCC(F)(F)F)c1.I. The summed E-state index contributed by atoms with van der Waals surface area (Å²) in [4.78, 5) is 15.8. The maximum Gasteiger partial charge on any atom is 0.390 e. The van der Waals surface area contributed by atoms with E-state index in [9.17, 15) is 18.0 Å². The molecule has 0 aromatic heterocycles. The first-order valence-electron chi connectivity index (χ1n) is 8.16. The summed E-state index contributed by atoms with van der Waals surface area (Å²) in [6.45, 7) is 3.94. The van der Waals surface area contributed by atoms with Crippen LogP contribution in [-0.2, 0) is 11.3 Å². The molecule has 1 aromatic carbocycles. The van der Waals surface area contributed by atoms with Crippen molar-refractivity contribution in [1.82, 2.24) is 10.6 Å². The van der Waals surface area contributed by atoms with Gasteiger partial charge in [-0.3, -0.25) is 9.79 Å². The number of benzene rings is 1. The normalized spacial score (nSPS) is 12.8. The van der Waals surface area contributed by atoms with Crippen molar-refractivity contribution in [1.29, 1.82) is 0 Å². The fraction of sp³-hybridized carbons (Fsp3) is 0.529. The fourth-order valence-corrected chi connectivity index (χ4v) is 1.94. The molecule has 148 valence electrons. The number of hydrogen-bond acceptors (Lipinski definition) is 2. The minimum absolute atomic E-state index is 0. The number of guanidine groups is 1. The lowest BCUT2D eigenvalue weighted by Gasteiger charge is -2.14. The molecule has 1 atom stereocenters. The molecule has 0 radical (unpaired) electrons. The van der Waals surface area contributed by atoms with Gasteiger partial charge in [-0.25, -0.2) is 0 Å². The van der Waals surface area contributed by atoms with Crippen LogP contribution in [0.15, 0.2) is 29.3 Å². The molecule has 0 heterocycles. The number of aliphatic imine (C=N–C) groups is 1. The number of anilines is 1. The number of amides is 1. The molecule has 0 spiro atoms. The standard InChI is InChI=1S/C17H25F3N4O.HI/c1-4-12(2)15(25)24-14-7-5-6-13(10-14)11-23-16(21-3)22-9-8-17(18,19)20;/h5-7,10,12H,4,8-9,11H2,1-3H3,(H,24,25)(H2,21,22,23);1H. The van der Waals surface area contributed by atoms with E-state index in [1.165, 1.54) is 7.05 Å². The number of carbonyl (C=O) groups is 1. The number of halogens is 4. The molecular formula is C17H26F3IN4O. The average Bonchev–Trinajstić information content (AvgIpc) is 2.56. The zero-order valence-corrected chi connectivity index (χ0v) is 17.4. The maximum absolute atomic E-state index is 12.2. The average molecular weight is 486 g/mol. The largest absolute Gasteiger partial charge is 0.390 e. The summed E-state index contributed by atoms with van der Waals surface area (Å²) in [5, 5.41) is 8.41. The highest BCUT2D eigenvalue weighted by molar-refractivity contribution is 14.0. The summed E-state index contributed by atoms with van der Waals surface area (Å²) in [6.07, 6.45) is -4.37. The second-order valence-electron chi connectivity index (χ2n) is 5.72. The fourth-order valence-electron chi connectivity index (χ4n) is 1.94. The van der Waals surface area contributed by atoms with Crippen LogP contribution in [0.25, 0.3) is 0 Å². The van der Waals surface area contributed by atoms with Gasteiger partial charge in [0, 0.05) is 31.7 Å². The van der Waals surface area contributed by atoms with Gasteiger partial charge in [-0.2, -0.15) is 13.2 Å². The van der Waals surface area contributed by atoms with Crippen molar-refractivity contribution in [3.63, 3.8) is 0 Å². The van der Waals surface area contributed by atoms with Crippen LogP contribution in [0.4, 0.5) is 18.9 Å². The number of nitrogens with zero attached hydrogens (tertiary/aromatic N) is 1. The van der Waals surface area contributed by atoms with Gasteiger partial charge in [-0.15, -0.1) is 24.0 Å². The second kappa shape index (κ2) is 12.0. The molecule has 9 heteroatoms. The third-order valence-corrected chi connectivity index (χ3v) is 3.64. The van der Waals surface area contributed by atoms with E-state index >= 15 is 0 Å². The summed E-state index contributed by atoms with van der Waals surface area (Å²) in [6, 6.07) is 7.27. The number of carbonyl (C=O) groups excluding carboxylic acids is 1. The van der Waals surface area contributed by atoms with Crippen molar-refractivity contribution in [2.45, 2.75) is 39.4 Å². The first kappa shape index (κ1) is 24.5. The van der Waals surface area contributed by atoms with E-state index in [0.29, 0.717) is 18.2 Å². The van der Waals surface area contributed by atoms with E-state index in [2.05, 4.69) is 20.9 Å². The predicted octanol–water partition coefficient (Wildman–Crippen LogP) is 3.91. The lowest BCUT2D eigenvalue weighted by Crippen LogP contribution is -2.38. The molecule has 5 nitrogen and oxygen atoms in total. The van der Waals surface area contributed by atoms with E-state index in [0.717, 1.165) is 12.0 Å². The quantitative estimate of drug-likeness (QED) is 0.311. The van der Waals surface area contributed by atoms with Crippen LogP contribution in [0.5, 0.6) is 0 Å². The van der Waals surface area contributed by atoms with E-state index in [1.807, 2.05) is 32.0 Å². The highest BCUT2D eigenvalue weighted by Crippen LogP contribution is 2.18. The van der Waals surface area contributed by atoms with Crippen molar-refractivity contribution in [3.8, 4) is 0 Å². The van der Waals surface area contributed by atoms with Gasteiger partial charge in [0.25, 0.3) is 0 Å². The highest BCUT2D eigenvalue weighted by atomic mass is 127. The number of alkyl halides is 3. The minimum Gasteiger partial charge on any atom is -0.356 e.